The van der Waals surface area contributed by atoms with E-state index in [1.165, 1.54) is 6.92 Å². The van der Waals surface area contributed by atoms with E-state index in [0.29, 0.717) is 25.0 Å². The van der Waals surface area contributed by atoms with E-state index < -0.39 is 11.1 Å². The molecule has 0 saturated carbocycles. The Morgan fingerprint density at radius 1 is 1.19 bits per heavy atom. The van der Waals surface area contributed by atoms with Gasteiger partial charge >= 0.3 is 0 Å². The van der Waals surface area contributed by atoms with Crippen molar-refractivity contribution in [3.05, 3.63) is 59.4 Å². The van der Waals surface area contributed by atoms with Crippen LogP contribution in [0.2, 0.25) is 0 Å². The van der Waals surface area contributed by atoms with Crippen LogP contribution in [0.1, 0.15) is 33.4 Å². The molecule has 2 heterocycles. The first-order valence-corrected chi connectivity index (χ1v) is 9.19. The number of nitrogens with one attached hydrogen (secondary N) is 1. The van der Waals surface area contributed by atoms with Gasteiger partial charge in [-0.25, -0.2) is 0 Å². The van der Waals surface area contributed by atoms with Crippen molar-refractivity contribution < 1.29 is 17.1 Å². The highest BCUT2D eigenvalue weighted by Gasteiger charge is 2.43. The molecule has 1 fully saturated rings. The van der Waals surface area contributed by atoms with Crippen LogP contribution in [0.15, 0.2) is 42.6 Å². The minimum absolute atomic E-state index is 0.252. The van der Waals surface area contributed by atoms with E-state index in [0.717, 1.165) is 28.8 Å². The second kappa shape index (κ2) is 7.91. The van der Waals surface area contributed by atoms with Crippen LogP contribution in [0.5, 0.6) is 5.75 Å². The van der Waals surface area contributed by atoms with E-state index in [-0.39, 0.29) is 11.1 Å². The zero-order chi connectivity index (χ0) is 20.4. The van der Waals surface area contributed by atoms with Gasteiger partial charge in [0.15, 0.2) is 0 Å². The summed E-state index contributed by atoms with van der Waals surface area (Å²) >= 11 is 1.03. The molecule has 0 bridgehead atoms. The molecule has 1 aromatic heterocycles. The average molecular weight is 372 g/mol. The molecule has 0 spiro atoms. The molecule has 0 unspecified atom stereocenters. The van der Waals surface area contributed by atoms with Gasteiger partial charge in [0, 0.05) is 21.1 Å². The van der Waals surface area contributed by atoms with Crippen LogP contribution in [-0.2, 0) is 24.0 Å². The van der Waals surface area contributed by atoms with Crippen LogP contribution >= 0.6 is 11.8 Å². The molecule has 5 nitrogen and oxygen atoms in total. The summed E-state index contributed by atoms with van der Waals surface area (Å²) in [4.78, 5) is 27.6. The van der Waals surface area contributed by atoms with Crippen LogP contribution in [0, 0.1) is 0 Å². The number of pyridine rings is 1. The lowest BCUT2D eigenvalue weighted by Crippen LogP contribution is -2.35. The van der Waals surface area contributed by atoms with E-state index in [2.05, 4.69) is 10.3 Å². The Hall–Kier alpha value is -2.34. The summed E-state index contributed by atoms with van der Waals surface area (Å²) in [6.07, 6.45) is 1.25. The van der Waals surface area contributed by atoms with Crippen LogP contribution in [-0.4, -0.2) is 27.5 Å². The summed E-state index contributed by atoms with van der Waals surface area (Å²) in [6.45, 7) is 3.73. The fraction of sp³-hybridized carbons (Fsp3) is 0.350. The number of thioether (sulfide) groups is 1. The number of carbonyl (C=O) groups excluding carboxylic acids is 2. The Morgan fingerprint density at radius 2 is 1.92 bits per heavy atom. The lowest BCUT2D eigenvalue weighted by atomic mass is 9.99. The van der Waals surface area contributed by atoms with Crippen molar-refractivity contribution >= 4 is 22.9 Å². The van der Waals surface area contributed by atoms with Crippen molar-refractivity contribution in [2.45, 2.75) is 37.8 Å². The number of nitrogens with zero attached hydrogens (tertiary/aromatic N) is 1. The molecule has 26 heavy (non-hydrogen) atoms. The molecule has 3 rings (SSSR count). The standard InChI is InChI=1S/C20H22N2O3S/c1-3-14-4-7-16(21-13-14)10-11-25-17-8-5-15(6-9-17)12-20(2)18(23)22-19(24)26-20/h4-9,13H,3,10-12H2,1-2H3,(H,22,23,24)/t20-/m0/s1/i3D2. The smallest absolute Gasteiger partial charge is 0.286 e. The van der Waals surface area contributed by atoms with Crippen LogP contribution in [0.3, 0.4) is 0 Å². The van der Waals surface area contributed by atoms with E-state index in [1.54, 1.807) is 19.2 Å². The van der Waals surface area contributed by atoms with Crippen molar-refractivity contribution in [3.63, 3.8) is 0 Å². The van der Waals surface area contributed by atoms with Crippen LogP contribution in [0.25, 0.3) is 0 Å². The van der Waals surface area contributed by atoms with Crippen molar-refractivity contribution in [2.75, 3.05) is 6.61 Å². The first kappa shape index (κ1) is 15.9. The van der Waals surface area contributed by atoms with E-state index >= 15 is 0 Å². The first-order chi connectivity index (χ1) is 13.2. The highest BCUT2D eigenvalue weighted by atomic mass is 32.2. The number of carbonyl (C=O) groups is 2. The Balaban J connectivity index is 1.51. The zero-order valence-electron chi connectivity index (χ0n) is 16.7. The lowest BCUT2D eigenvalue weighted by Gasteiger charge is -2.18. The second-order valence-corrected chi connectivity index (χ2v) is 7.76. The van der Waals surface area contributed by atoms with Crippen LogP contribution in [0.4, 0.5) is 4.79 Å². The molecule has 136 valence electrons. The number of rotatable bonds is 7. The summed E-state index contributed by atoms with van der Waals surface area (Å²) in [5.41, 5.74) is 2.35. The molecule has 2 aromatic rings. The van der Waals surface area contributed by atoms with Crippen LogP contribution < -0.4 is 10.1 Å². The Labute approximate surface area is 160 Å². The molecule has 1 aliphatic rings. The summed E-state index contributed by atoms with van der Waals surface area (Å²) in [7, 11) is 0. The second-order valence-electron chi connectivity index (χ2n) is 6.28. The fourth-order valence-electron chi connectivity index (χ4n) is 2.70. The molecule has 1 saturated heterocycles. The summed E-state index contributed by atoms with van der Waals surface area (Å²) in [6, 6.07) is 11.1. The summed E-state index contributed by atoms with van der Waals surface area (Å²) in [5.74, 6) is 0.465. The normalized spacial score (nSPS) is 21.2. The van der Waals surface area contributed by atoms with Gasteiger partial charge in [0.1, 0.15) is 10.5 Å². The third kappa shape index (κ3) is 4.43. The monoisotopic (exact) mass is 372 g/mol. The number of ether oxygens (including phenoxy) is 1. The van der Waals surface area contributed by atoms with Crippen molar-refractivity contribution in [3.8, 4) is 5.75 Å². The molecule has 2 amide bonds. The summed E-state index contributed by atoms with van der Waals surface area (Å²) < 4.78 is 20.3. The third-order valence-electron chi connectivity index (χ3n) is 4.22. The SMILES string of the molecule is [2H]C([2H])(C)c1ccc(CCOc2ccc(C[C@]3(C)SC(=O)NC3=O)cc2)nc1. The number of aryl methyl sites for hydroxylation is 1. The zero-order valence-corrected chi connectivity index (χ0v) is 15.6. The van der Waals surface area contributed by atoms with Gasteiger partial charge in [-0.3, -0.25) is 19.9 Å². The van der Waals surface area contributed by atoms with Gasteiger partial charge in [-0.15, -0.1) is 0 Å². The van der Waals surface area contributed by atoms with Gasteiger partial charge in [-0.2, -0.15) is 0 Å². The Bertz CT molecular complexity index is 867. The predicted molar refractivity (Wildman–Crippen MR) is 102 cm³/mol. The number of hydrogen-bond acceptors (Lipinski definition) is 5. The molecule has 1 N–H and O–H groups in total. The molecule has 0 radical (unpaired) electrons. The van der Waals surface area contributed by atoms with Crippen molar-refractivity contribution in [1.29, 1.82) is 0 Å². The van der Waals surface area contributed by atoms with E-state index in [1.807, 2.05) is 30.3 Å². The number of benzene rings is 1. The minimum atomic E-state index is -1.40. The molecule has 6 heteroatoms. The van der Waals surface area contributed by atoms with Gasteiger partial charge in [0.2, 0.25) is 5.91 Å². The third-order valence-corrected chi connectivity index (χ3v) is 5.29. The first-order valence-electron chi connectivity index (χ1n) is 9.37. The van der Waals surface area contributed by atoms with Gasteiger partial charge in [0.05, 0.1) is 6.61 Å². The van der Waals surface area contributed by atoms with Gasteiger partial charge in [-0.05, 0) is 60.8 Å². The number of aromatic nitrogens is 1. The number of hydrogen-bond donors (Lipinski definition) is 1. The maximum atomic E-state index is 11.9. The highest BCUT2D eigenvalue weighted by molar-refractivity contribution is 8.16. The largest absolute Gasteiger partial charge is 0.493 e. The van der Waals surface area contributed by atoms with Gasteiger partial charge in [0.25, 0.3) is 5.24 Å². The molecular weight excluding hydrogens is 348 g/mol. The minimum Gasteiger partial charge on any atom is -0.493 e. The Kier molecular flexibility index (Phi) is 4.83. The maximum absolute atomic E-state index is 11.9. The van der Waals surface area contributed by atoms with E-state index in [4.69, 9.17) is 7.48 Å². The lowest BCUT2D eigenvalue weighted by molar-refractivity contribution is -0.121. The maximum Gasteiger partial charge on any atom is 0.286 e. The molecule has 1 aliphatic heterocycles. The van der Waals surface area contributed by atoms with Gasteiger partial charge < -0.3 is 4.74 Å². The quantitative estimate of drug-likeness (QED) is 0.805. The van der Waals surface area contributed by atoms with Crippen molar-refractivity contribution in [1.82, 2.24) is 10.3 Å². The highest BCUT2D eigenvalue weighted by Crippen LogP contribution is 2.34. The summed E-state index contributed by atoms with van der Waals surface area (Å²) in [5, 5.41) is 2.03. The number of imide groups is 1. The Morgan fingerprint density at radius 3 is 2.50 bits per heavy atom. The average Bonchev–Trinajstić information content (AvgIpc) is 2.88. The van der Waals surface area contributed by atoms with Crippen molar-refractivity contribution in [2.24, 2.45) is 0 Å². The number of amides is 2. The molecule has 0 aliphatic carbocycles. The molecular formula is C20H22N2O3S. The predicted octanol–water partition coefficient (Wildman–Crippen LogP) is 3.55. The van der Waals surface area contributed by atoms with E-state index in [9.17, 15) is 9.59 Å². The molecule has 1 atom stereocenters. The topological polar surface area (TPSA) is 68.3 Å². The molecule has 1 aromatic carbocycles. The van der Waals surface area contributed by atoms with Gasteiger partial charge in [-0.1, -0.05) is 25.1 Å². The fourth-order valence-corrected chi connectivity index (χ4v) is 3.64.